The first-order chi connectivity index (χ1) is 11.9. The van der Waals surface area contributed by atoms with E-state index in [1.807, 2.05) is 26.0 Å². The van der Waals surface area contributed by atoms with Crippen LogP contribution < -0.4 is 10.1 Å². The zero-order chi connectivity index (χ0) is 18.4. The van der Waals surface area contributed by atoms with Crippen LogP contribution in [-0.4, -0.2) is 24.6 Å². The van der Waals surface area contributed by atoms with Gasteiger partial charge in [-0.05, 0) is 62.2 Å². The molecule has 1 atom stereocenters. The predicted octanol–water partition coefficient (Wildman–Crippen LogP) is 3.91. The number of ether oxygens (including phenoxy) is 2. The van der Waals surface area contributed by atoms with Crippen molar-refractivity contribution in [2.75, 3.05) is 11.9 Å². The van der Waals surface area contributed by atoms with Crippen LogP contribution in [0.25, 0.3) is 0 Å². The molecule has 0 bridgehead atoms. The van der Waals surface area contributed by atoms with E-state index in [1.165, 1.54) is 0 Å². The fourth-order valence-electron chi connectivity index (χ4n) is 2.09. The highest BCUT2D eigenvalue weighted by Crippen LogP contribution is 2.18. The molecule has 0 aliphatic rings. The van der Waals surface area contributed by atoms with Crippen LogP contribution in [0.15, 0.2) is 42.5 Å². The van der Waals surface area contributed by atoms with Gasteiger partial charge in [-0.15, -0.1) is 0 Å². The Bertz CT molecular complexity index is 759. The molecule has 0 fully saturated rings. The van der Waals surface area contributed by atoms with Crippen LogP contribution in [0.2, 0.25) is 5.02 Å². The van der Waals surface area contributed by atoms with Gasteiger partial charge in [0.25, 0.3) is 5.91 Å². The van der Waals surface area contributed by atoms with Crippen molar-refractivity contribution >= 4 is 29.2 Å². The highest BCUT2D eigenvalue weighted by Gasteiger charge is 2.18. The topological polar surface area (TPSA) is 64.6 Å². The normalized spacial score (nSPS) is 11.5. The van der Waals surface area contributed by atoms with Crippen LogP contribution in [0.3, 0.4) is 0 Å². The molecule has 2 rings (SSSR count). The summed E-state index contributed by atoms with van der Waals surface area (Å²) in [6.45, 7) is 5.06. The van der Waals surface area contributed by atoms with Crippen molar-refractivity contribution in [1.82, 2.24) is 0 Å². The van der Waals surface area contributed by atoms with Crippen molar-refractivity contribution in [2.45, 2.75) is 26.9 Å². The van der Waals surface area contributed by atoms with Gasteiger partial charge in [0.15, 0.2) is 12.7 Å². The van der Waals surface area contributed by atoms with Gasteiger partial charge in [0.2, 0.25) is 0 Å². The lowest BCUT2D eigenvalue weighted by molar-refractivity contribution is -0.153. The van der Waals surface area contributed by atoms with Crippen LogP contribution in [0.1, 0.15) is 18.1 Å². The van der Waals surface area contributed by atoms with E-state index in [4.69, 9.17) is 21.1 Å². The number of benzene rings is 2. The van der Waals surface area contributed by atoms with Gasteiger partial charge >= 0.3 is 5.97 Å². The fourth-order valence-corrected chi connectivity index (χ4v) is 2.22. The van der Waals surface area contributed by atoms with E-state index in [0.717, 1.165) is 11.1 Å². The van der Waals surface area contributed by atoms with Gasteiger partial charge in [0.05, 0.1) is 0 Å². The van der Waals surface area contributed by atoms with Crippen LogP contribution in [0.5, 0.6) is 5.75 Å². The number of hydrogen-bond acceptors (Lipinski definition) is 4. The fraction of sp³-hybridized carbons (Fsp3) is 0.263. The second-order valence-corrected chi connectivity index (χ2v) is 6.05. The molecule has 0 unspecified atom stereocenters. The van der Waals surface area contributed by atoms with E-state index >= 15 is 0 Å². The number of esters is 1. The Hall–Kier alpha value is -2.53. The van der Waals surface area contributed by atoms with Crippen LogP contribution in [-0.2, 0) is 14.3 Å². The lowest BCUT2D eigenvalue weighted by Crippen LogP contribution is -2.29. The average Bonchev–Trinajstić information content (AvgIpc) is 2.59. The number of aryl methyl sites for hydroxylation is 1. The van der Waals surface area contributed by atoms with E-state index in [0.29, 0.717) is 16.5 Å². The molecule has 0 aliphatic carbocycles. The Balaban J connectivity index is 1.83. The molecule has 25 heavy (non-hydrogen) atoms. The SMILES string of the molecule is Cc1cccc(NC(=O)COC(=O)[C@@H](C)Oc2ccc(Cl)cc2)c1C. The van der Waals surface area contributed by atoms with E-state index in [1.54, 1.807) is 37.3 Å². The molecule has 1 amide bonds. The first kappa shape index (κ1) is 18.8. The minimum absolute atomic E-state index is 0.374. The van der Waals surface area contributed by atoms with Crippen LogP contribution in [0, 0.1) is 13.8 Å². The molecule has 0 aliphatic heterocycles. The number of nitrogens with one attached hydrogen (secondary N) is 1. The van der Waals surface area contributed by atoms with Gasteiger partial charge < -0.3 is 14.8 Å². The zero-order valence-corrected chi connectivity index (χ0v) is 15.1. The molecule has 6 heteroatoms. The molecule has 0 aromatic heterocycles. The summed E-state index contributed by atoms with van der Waals surface area (Å²) >= 11 is 5.79. The minimum Gasteiger partial charge on any atom is -0.479 e. The summed E-state index contributed by atoms with van der Waals surface area (Å²) in [5.41, 5.74) is 2.74. The maximum absolute atomic E-state index is 12.0. The molecule has 0 saturated carbocycles. The highest BCUT2D eigenvalue weighted by atomic mass is 35.5. The molecule has 2 aromatic carbocycles. The number of carbonyl (C=O) groups excluding carboxylic acids is 2. The van der Waals surface area contributed by atoms with Crippen LogP contribution >= 0.6 is 11.6 Å². The number of amides is 1. The highest BCUT2D eigenvalue weighted by molar-refractivity contribution is 6.30. The third-order valence-corrected chi connectivity index (χ3v) is 3.93. The summed E-state index contributed by atoms with van der Waals surface area (Å²) in [7, 11) is 0. The standard InChI is InChI=1S/C19H20ClNO4/c1-12-5-4-6-17(13(12)2)21-18(22)11-24-19(23)14(3)25-16-9-7-15(20)8-10-16/h4-10,14H,11H2,1-3H3,(H,21,22)/t14-/m1/s1. The third kappa shape index (κ3) is 5.50. The first-order valence-corrected chi connectivity index (χ1v) is 8.19. The molecule has 0 heterocycles. The lowest BCUT2D eigenvalue weighted by atomic mass is 10.1. The summed E-state index contributed by atoms with van der Waals surface area (Å²) in [6, 6.07) is 12.2. The van der Waals surface area contributed by atoms with Crippen LogP contribution in [0.4, 0.5) is 5.69 Å². The maximum atomic E-state index is 12.0. The molecule has 0 radical (unpaired) electrons. The van der Waals surface area contributed by atoms with Gasteiger partial charge in [-0.1, -0.05) is 23.7 Å². The maximum Gasteiger partial charge on any atom is 0.347 e. The Kier molecular flexibility index (Phi) is 6.42. The number of halogens is 1. The van der Waals surface area contributed by atoms with E-state index in [9.17, 15) is 9.59 Å². The number of rotatable bonds is 6. The average molecular weight is 362 g/mol. The molecule has 0 spiro atoms. The van der Waals surface area contributed by atoms with E-state index in [-0.39, 0.29) is 6.61 Å². The summed E-state index contributed by atoms with van der Waals surface area (Å²) in [5.74, 6) is -0.527. The third-order valence-electron chi connectivity index (χ3n) is 3.68. The monoisotopic (exact) mass is 361 g/mol. The summed E-state index contributed by atoms with van der Waals surface area (Å²) in [6.07, 6.45) is -0.838. The Morgan fingerprint density at radius 1 is 1.12 bits per heavy atom. The molecule has 132 valence electrons. The van der Waals surface area contributed by atoms with Crippen molar-refractivity contribution in [3.05, 3.63) is 58.6 Å². The van der Waals surface area contributed by atoms with Crippen molar-refractivity contribution < 1.29 is 19.1 Å². The zero-order valence-electron chi connectivity index (χ0n) is 14.3. The van der Waals surface area contributed by atoms with Gasteiger partial charge in [-0.25, -0.2) is 4.79 Å². The minimum atomic E-state index is -0.838. The van der Waals surface area contributed by atoms with Gasteiger partial charge in [0, 0.05) is 10.7 Å². The predicted molar refractivity (Wildman–Crippen MR) is 97.0 cm³/mol. The van der Waals surface area contributed by atoms with Gasteiger partial charge in [-0.2, -0.15) is 0 Å². The van der Waals surface area contributed by atoms with Gasteiger partial charge in [-0.3, -0.25) is 4.79 Å². The van der Waals surface area contributed by atoms with E-state index in [2.05, 4.69) is 5.32 Å². The quantitative estimate of drug-likeness (QED) is 0.792. The molecule has 1 N–H and O–H groups in total. The summed E-state index contributed by atoms with van der Waals surface area (Å²) in [4.78, 5) is 23.9. The molecular weight excluding hydrogens is 342 g/mol. The van der Waals surface area contributed by atoms with E-state index < -0.39 is 18.0 Å². The Morgan fingerprint density at radius 2 is 1.80 bits per heavy atom. The molecule has 2 aromatic rings. The summed E-state index contributed by atoms with van der Waals surface area (Å²) < 4.78 is 10.5. The van der Waals surface area contributed by atoms with Crippen molar-refractivity contribution in [3.8, 4) is 5.75 Å². The molecular formula is C19H20ClNO4. The second kappa shape index (κ2) is 8.53. The van der Waals surface area contributed by atoms with Crippen molar-refractivity contribution in [2.24, 2.45) is 0 Å². The number of carbonyl (C=O) groups is 2. The molecule has 5 nitrogen and oxygen atoms in total. The Morgan fingerprint density at radius 3 is 2.48 bits per heavy atom. The largest absolute Gasteiger partial charge is 0.479 e. The smallest absolute Gasteiger partial charge is 0.347 e. The van der Waals surface area contributed by atoms with Crippen molar-refractivity contribution in [3.63, 3.8) is 0 Å². The van der Waals surface area contributed by atoms with Gasteiger partial charge in [0.1, 0.15) is 5.75 Å². The molecule has 0 saturated heterocycles. The van der Waals surface area contributed by atoms with Crippen molar-refractivity contribution in [1.29, 1.82) is 0 Å². The lowest BCUT2D eigenvalue weighted by Gasteiger charge is -2.14. The first-order valence-electron chi connectivity index (χ1n) is 7.81. The Labute approximate surface area is 151 Å². The summed E-state index contributed by atoms with van der Waals surface area (Å²) in [5, 5.41) is 3.30. The second-order valence-electron chi connectivity index (χ2n) is 5.62. The number of hydrogen-bond donors (Lipinski definition) is 1. The number of anilines is 1.